The van der Waals surface area contributed by atoms with Gasteiger partial charge < -0.3 is 5.11 Å². The lowest BCUT2D eigenvalue weighted by atomic mass is 10.1. The molecule has 1 heterocycles. The molecule has 1 amide bonds. The minimum atomic E-state index is -1.07. The molecule has 1 aromatic rings. The number of carboxylic acids is 1. The molecule has 1 aliphatic heterocycles. The fourth-order valence-electron chi connectivity index (χ4n) is 1.84. The Morgan fingerprint density at radius 2 is 2.20 bits per heavy atom. The Hall–Kier alpha value is -1.66. The van der Waals surface area contributed by atoms with E-state index in [4.69, 9.17) is 17.3 Å². The van der Waals surface area contributed by atoms with Crippen LogP contribution in [-0.2, 0) is 9.59 Å². The van der Waals surface area contributed by atoms with E-state index in [9.17, 15) is 9.59 Å². The first kappa shape index (κ1) is 14.7. The van der Waals surface area contributed by atoms with Crippen molar-refractivity contribution in [2.24, 2.45) is 0 Å². The molecule has 2 rings (SSSR count). The predicted octanol–water partition coefficient (Wildman–Crippen LogP) is 2.67. The fourth-order valence-corrected chi connectivity index (χ4v) is 3.25. The molecule has 1 fully saturated rings. The van der Waals surface area contributed by atoms with Gasteiger partial charge in [-0.3, -0.25) is 9.69 Å². The average molecular weight is 307 g/mol. The van der Waals surface area contributed by atoms with Crippen LogP contribution in [-0.4, -0.2) is 32.2 Å². The Balaban J connectivity index is 2.30. The summed E-state index contributed by atoms with van der Waals surface area (Å²) >= 11 is 6.23. The van der Waals surface area contributed by atoms with Crippen LogP contribution in [0.5, 0.6) is 0 Å². The Bertz CT molecular complexity index is 625. The number of benzene rings is 1. The topological polar surface area (TPSA) is 57.6 Å². The highest BCUT2D eigenvalue weighted by molar-refractivity contribution is 8.26. The minimum absolute atomic E-state index is 0.281. The summed E-state index contributed by atoms with van der Waals surface area (Å²) in [5, 5.41) is 9.01. The third-order valence-corrected chi connectivity index (χ3v) is 4.24. The van der Waals surface area contributed by atoms with Gasteiger partial charge in [0.05, 0.1) is 4.91 Å². The summed E-state index contributed by atoms with van der Waals surface area (Å²) in [6.45, 7) is 3.41. The van der Waals surface area contributed by atoms with Crippen molar-refractivity contribution in [1.82, 2.24) is 4.90 Å². The fraction of sp³-hybridized carbons (Fsp3) is 0.214. The molecule has 0 spiro atoms. The zero-order valence-electron chi connectivity index (χ0n) is 11.0. The standard InChI is InChI=1S/C14H13NO3S2/c1-8-4-3-5-10(6-8)7-11-12(16)15(14(19)20-11)9(2)13(17)18/h3-7,9H,1-2H3,(H,17,18). The molecule has 0 aromatic heterocycles. The number of aryl methyl sites for hydroxylation is 1. The molecule has 0 aliphatic carbocycles. The van der Waals surface area contributed by atoms with E-state index in [0.717, 1.165) is 27.8 Å². The van der Waals surface area contributed by atoms with Crippen molar-refractivity contribution in [3.63, 3.8) is 0 Å². The van der Waals surface area contributed by atoms with Gasteiger partial charge in [-0.2, -0.15) is 0 Å². The molecule has 0 bridgehead atoms. The number of hydrogen-bond donors (Lipinski definition) is 1. The molecule has 1 unspecified atom stereocenters. The van der Waals surface area contributed by atoms with Crippen molar-refractivity contribution < 1.29 is 14.7 Å². The summed E-state index contributed by atoms with van der Waals surface area (Å²) in [4.78, 5) is 24.8. The van der Waals surface area contributed by atoms with E-state index in [1.165, 1.54) is 6.92 Å². The maximum absolute atomic E-state index is 12.2. The second-order valence-electron chi connectivity index (χ2n) is 4.48. The van der Waals surface area contributed by atoms with Crippen molar-refractivity contribution in [2.75, 3.05) is 0 Å². The van der Waals surface area contributed by atoms with Crippen LogP contribution < -0.4 is 0 Å². The van der Waals surface area contributed by atoms with Gasteiger partial charge >= 0.3 is 5.97 Å². The number of carbonyl (C=O) groups excluding carboxylic acids is 1. The van der Waals surface area contributed by atoms with Gasteiger partial charge in [0.1, 0.15) is 10.4 Å². The van der Waals surface area contributed by atoms with E-state index in [2.05, 4.69) is 0 Å². The van der Waals surface area contributed by atoms with Crippen LogP contribution in [0.2, 0.25) is 0 Å². The molecule has 0 saturated carbocycles. The van der Waals surface area contributed by atoms with Gasteiger partial charge in [-0.25, -0.2) is 4.79 Å². The number of rotatable bonds is 3. The molecule has 4 nitrogen and oxygen atoms in total. The van der Waals surface area contributed by atoms with Gasteiger partial charge in [0.25, 0.3) is 5.91 Å². The third kappa shape index (κ3) is 2.91. The van der Waals surface area contributed by atoms with Crippen molar-refractivity contribution in [3.05, 3.63) is 40.3 Å². The highest BCUT2D eigenvalue weighted by Gasteiger charge is 2.38. The molecule has 0 radical (unpaired) electrons. The second kappa shape index (κ2) is 5.76. The van der Waals surface area contributed by atoms with Crippen LogP contribution in [0.25, 0.3) is 6.08 Å². The number of carbonyl (C=O) groups is 2. The van der Waals surface area contributed by atoms with Crippen LogP contribution >= 0.6 is 24.0 Å². The normalized spacial score (nSPS) is 18.7. The summed E-state index contributed by atoms with van der Waals surface area (Å²) in [7, 11) is 0. The van der Waals surface area contributed by atoms with Crippen LogP contribution in [0.4, 0.5) is 0 Å². The lowest BCUT2D eigenvalue weighted by Crippen LogP contribution is -2.41. The highest BCUT2D eigenvalue weighted by atomic mass is 32.2. The number of amides is 1. The zero-order valence-corrected chi connectivity index (χ0v) is 12.6. The van der Waals surface area contributed by atoms with E-state index in [0.29, 0.717) is 4.91 Å². The first-order valence-corrected chi connectivity index (χ1v) is 7.19. The first-order valence-electron chi connectivity index (χ1n) is 5.96. The minimum Gasteiger partial charge on any atom is -0.480 e. The lowest BCUT2D eigenvalue weighted by Gasteiger charge is -2.18. The van der Waals surface area contributed by atoms with Crippen molar-refractivity contribution in [1.29, 1.82) is 0 Å². The number of aliphatic carboxylic acids is 1. The zero-order chi connectivity index (χ0) is 14.9. The average Bonchev–Trinajstić information content (AvgIpc) is 2.63. The maximum Gasteiger partial charge on any atom is 0.326 e. The molecule has 1 N–H and O–H groups in total. The summed E-state index contributed by atoms with van der Waals surface area (Å²) < 4.78 is 0.281. The van der Waals surface area contributed by atoms with E-state index >= 15 is 0 Å². The van der Waals surface area contributed by atoms with Crippen LogP contribution in [0.15, 0.2) is 29.2 Å². The Labute approximate surface area is 126 Å². The number of thioether (sulfide) groups is 1. The summed E-state index contributed by atoms with van der Waals surface area (Å²) in [5.74, 6) is -1.42. The van der Waals surface area contributed by atoms with Crippen molar-refractivity contribution in [2.45, 2.75) is 19.9 Å². The molecular weight excluding hydrogens is 294 g/mol. The lowest BCUT2D eigenvalue weighted by molar-refractivity contribution is -0.144. The van der Waals surface area contributed by atoms with Gasteiger partial charge in [-0.15, -0.1) is 0 Å². The summed E-state index contributed by atoms with van der Waals surface area (Å²) in [6, 6.07) is 6.76. The Morgan fingerprint density at radius 1 is 1.50 bits per heavy atom. The quantitative estimate of drug-likeness (QED) is 0.687. The van der Waals surface area contributed by atoms with Crippen molar-refractivity contribution in [3.8, 4) is 0 Å². The molecule has 1 saturated heterocycles. The number of hydrogen-bond acceptors (Lipinski definition) is 4. The molecule has 1 aromatic carbocycles. The largest absolute Gasteiger partial charge is 0.480 e. The highest BCUT2D eigenvalue weighted by Crippen LogP contribution is 2.33. The number of nitrogens with zero attached hydrogens (tertiary/aromatic N) is 1. The molecule has 1 aliphatic rings. The summed E-state index contributed by atoms with van der Waals surface area (Å²) in [5.41, 5.74) is 1.99. The van der Waals surface area contributed by atoms with Crippen LogP contribution in [0.3, 0.4) is 0 Å². The maximum atomic E-state index is 12.2. The smallest absolute Gasteiger partial charge is 0.326 e. The van der Waals surface area contributed by atoms with Gasteiger partial charge in [-0.1, -0.05) is 53.8 Å². The SMILES string of the molecule is Cc1cccc(C=C2SC(=S)N(C(C)C(=O)O)C2=O)c1. The molecule has 104 valence electrons. The van der Waals surface area contributed by atoms with Gasteiger partial charge in [0.2, 0.25) is 0 Å². The van der Waals surface area contributed by atoms with Gasteiger partial charge in [-0.05, 0) is 25.5 Å². The van der Waals surface area contributed by atoms with E-state index < -0.39 is 12.0 Å². The number of thiocarbonyl (C=S) groups is 1. The second-order valence-corrected chi connectivity index (χ2v) is 6.16. The van der Waals surface area contributed by atoms with Gasteiger partial charge in [0.15, 0.2) is 0 Å². The van der Waals surface area contributed by atoms with E-state index in [1.54, 1.807) is 6.08 Å². The molecular formula is C14H13NO3S2. The number of carboxylic acid groups (broad SMARTS) is 1. The van der Waals surface area contributed by atoms with Crippen LogP contribution in [0, 0.1) is 6.92 Å². The molecule has 20 heavy (non-hydrogen) atoms. The van der Waals surface area contributed by atoms with Crippen LogP contribution in [0.1, 0.15) is 18.1 Å². The predicted molar refractivity (Wildman–Crippen MR) is 83.3 cm³/mol. The Kier molecular flexibility index (Phi) is 4.25. The van der Waals surface area contributed by atoms with E-state index in [1.807, 2.05) is 31.2 Å². The monoisotopic (exact) mass is 307 g/mol. The molecule has 1 atom stereocenters. The Morgan fingerprint density at radius 3 is 2.80 bits per heavy atom. The third-order valence-electron chi connectivity index (χ3n) is 2.91. The molecule has 6 heteroatoms. The summed E-state index contributed by atoms with van der Waals surface area (Å²) in [6.07, 6.45) is 1.74. The first-order chi connectivity index (χ1) is 9.40. The van der Waals surface area contributed by atoms with Gasteiger partial charge in [0, 0.05) is 0 Å². The van der Waals surface area contributed by atoms with Crippen molar-refractivity contribution >= 4 is 46.3 Å². The van der Waals surface area contributed by atoms with E-state index in [-0.39, 0.29) is 10.2 Å².